The van der Waals surface area contributed by atoms with Crippen LogP contribution in [0, 0.1) is 5.92 Å². The van der Waals surface area contributed by atoms with Crippen molar-refractivity contribution in [3.05, 3.63) is 24.5 Å². The molecule has 2 fully saturated rings. The Kier molecular flexibility index (Phi) is 3.35. The molecule has 0 aromatic carbocycles. The number of anilines is 1. The average Bonchev–Trinajstić information content (AvgIpc) is 3.09. The molecule has 2 saturated carbocycles. The van der Waals surface area contributed by atoms with Gasteiger partial charge >= 0.3 is 0 Å². The minimum atomic E-state index is 0.192. The second kappa shape index (κ2) is 5.57. The quantitative estimate of drug-likeness (QED) is 0.862. The molecule has 0 unspecified atom stereocenters. The van der Waals surface area contributed by atoms with Gasteiger partial charge in [0.2, 0.25) is 5.95 Å². The molecule has 0 bridgehead atoms. The lowest BCUT2D eigenvalue weighted by Gasteiger charge is -2.52. The number of nitrogens with zero attached hydrogens (tertiary/aromatic N) is 4. The summed E-state index contributed by atoms with van der Waals surface area (Å²) in [4.78, 5) is 9.10. The first-order valence-electron chi connectivity index (χ1n) is 9.51. The van der Waals surface area contributed by atoms with Gasteiger partial charge in [-0.2, -0.15) is 4.98 Å². The smallest absolute Gasteiger partial charge is 0.222 e. The molecular formula is C19H25N5. The molecule has 2 aliphatic carbocycles. The Morgan fingerprint density at radius 2 is 1.96 bits per heavy atom. The third-order valence-electron chi connectivity index (χ3n) is 6.44. The fraction of sp³-hybridized carbons (Fsp3) is 0.632. The molecule has 1 spiro atoms. The standard InChI is InChI=1S/C19H25N5/c1-4-10-19(11-5-1)15-8-2-3-9-16(15)21-18-22-17(23-24(18)19)14-7-6-12-20-13-14/h6-7,12-13,15-16H,1-5,8-11H2,(H,21,22,23)/t15-,16+/m1/s1. The maximum absolute atomic E-state index is 4.99. The van der Waals surface area contributed by atoms with Crippen LogP contribution in [0.2, 0.25) is 0 Å². The molecule has 5 nitrogen and oxygen atoms in total. The lowest BCUT2D eigenvalue weighted by molar-refractivity contribution is 0.0455. The first kappa shape index (κ1) is 14.4. The Hall–Kier alpha value is -1.91. The van der Waals surface area contributed by atoms with E-state index in [2.05, 4.69) is 21.0 Å². The van der Waals surface area contributed by atoms with Gasteiger partial charge in [0.15, 0.2) is 5.82 Å². The van der Waals surface area contributed by atoms with Crippen LogP contribution in [0.3, 0.4) is 0 Å². The highest BCUT2D eigenvalue weighted by Crippen LogP contribution is 2.50. The molecule has 5 heteroatoms. The summed E-state index contributed by atoms with van der Waals surface area (Å²) in [5.41, 5.74) is 1.20. The molecule has 2 aromatic heterocycles. The summed E-state index contributed by atoms with van der Waals surface area (Å²) in [6.07, 6.45) is 15.5. The van der Waals surface area contributed by atoms with Crippen molar-refractivity contribution in [3.63, 3.8) is 0 Å². The molecule has 2 aromatic rings. The van der Waals surface area contributed by atoms with Crippen molar-refractivity contribution >= 4 is 5.95 Å². The van der Waals surface area contributed by atoms with Crippen molar-refractivity contribution in [1.29, 1.82) is 0 Å². The zero-order valence-corrected chi connectivity index (χ0v) is 14.1. The van der Waals surface area contributed by atoms with Crippen LogP contribution in [0.15, 0.2) is 24.5 Å². The minimum absolute atomic E-state index is 0.192. The summed E-state index contributed by atoms with van der Waals surface area (Å²) in [7, 11) is 0. The van der Waals surface area contributed by atoms with E-state index in [1.165, 1.54) is 57.8 Å². The maximum atomic E-state index is 4.99. The molecule has 24 heavy (non-hydrogen) atoms. The fourth-order valence-electron chi connectivity index (χ4n) is 5.35. The Labute approximate surface area is 142 Å². The van der Waals surface area contributed by atoms with Crippen molar-refractivity contribution in [3.8, 4) is 11.4 Å². The van der Waals surface area contributed by atoms with Crippen LogP contribution in [0.4, 0.5) is 5.95 Å². The molecule has 5 rings (SSSR count). The summed E-state index contributed by atoms with van der Waals surface area (Å²) >= 11 is 0. The summed E-state index contributed by atoms with van der Waals surface area (Å²) in [6, 6.07) is 4.59. The van der Waals surface area contributed by atoms with Crippen LogP contribution in [0.5, 0.6) is 0 Å². The van der Waals surface area contributed by atoms with E-state index in [1.807, 2.05) is 12.3 Å². The highest BCUT2D eigenvalue weighted by Gasteiger charge is 2.51. The van der Waals surface area contributed by atoms with Crippen LogP contribution < -0.4 is 5.32 Å². The predicted octanol–water partition coefficient (Wildman–Crippen LogP) is 3.98. The Morgan fingerprint density at radius 3 is 2.79 bits per heavy atom. The molecule has 3 aliphatic rings. The van der Waals surface area contributed by atoms with Gasteiger partial charge in [0.25, 0.3) is 0 Å². The molecule has 0 saturated heterocycles. The van der Waals surface area contributed by atoms with E-state index < -0.39 is 0 Å². The molecule has 0 radical (unpaired) electrons. The maximum Gasteiger partial charge on any atom is 0.222 e. The van der Waals surface area contributed by atoms with Gasteiger partial charge < -0.3 is 5.32 Å². The van der Waals surface area contributed by atoms with E-state index in [9.17, 15) is 0 Å². The summed E-state index contributed by atoms with van der Waals surface area (Å²) in [6.45, 7) is 0. The number of rotatable bonds is 1. The third kappa shape index (κ3) is 2.10. The first-order chi connectivity index (χ1) is 11.9. The van der Waals surface area contributed by atoms with E-state index >= 15 is 0 Å². The Bertz CT molecular complexity index is 717. The Balaban J connectivity index is 1.63. The van der Waals surface area contributed by atoms with Crippen LogP contribution >= 0.6 is 0 Å². The van der Waals surface area contributed by atoms with Crippen molar-refractivity contribution < 1.29 is 0 Å². The van der Waals surface area contributed by atoms with Gasteiger partial charge in [0.05, 0.1) is 5.54 Å². The van der Waals surface area contributed by atoms with Gasteiger partial charge in [-0.05, 0) is 37.8 Å². The van der Waals surface area contributed by atoms with Gasteiger partial charge in [-0.15, -0.1) is 5.10 Å². The number of hydrogen-bond acceptors (Lipinski definition) is 4. The second-order valence-corrected chi connectivity index (χ2v) is 7.72. The monoisotopic (exact) mass is 323 g/mol. The number of aromatic nitrogens is 4. The van der Waals surface area contributed by atoms with E-state index in [1.54, 1.807) is 6.20 Å². The minimum Gasteiger partial charge on any atom is -0.351 e. The molecule has 1 aliphatic heterocycles. The second-order valence-electron chi connectivity index (χ2n) is 7.72. The van der Waals surface area contributed by atoms with Crippen LogP contribution in [0.1, 0.15) is 57.8 Å². The fourth-order valence-corrected chi connectivity index (χ4v) is 5.35. The van der Waals surface area contributed by atoms with Gasteiger partial charge in [0, 0.05) is 29.9 Å². The first-order valence-corrected chi connectivity index (χ1v) is 9.51. The summed E-state index contributed by atoms with van der Waals surface area (Å²) in [5, 5.41) is 8.72. The highest BCUT2D eigenvalue weighted by molar-refractivity contribution is 5.55. The molecule has 1 N–H and O–H groups in total. The zero-order valence-electron chi connectivity index (χ0n) is 14.1. The summed E-state index contributed by atoms with van der Waals surface area (Å²) < 4.78 is 2.28. The topological polar surface area (TPSA) is 55.6 Å². The molecule has 0 amide bonds. The van der Waals surface area contributed by atoms with Crippen molar-refractivity contribution in [2.24, 2.45) is 5.92 Å². The van der Waals surface area contributed by atoms with Gasteiger partial charge in [-0.1, -0.05) is 32.1 Å². The van der Waals surface area contributed by atoms with Crippen LogP contribution in [0.25, 0.3) is 11.4 Å². The molecule has 3 heterocycles. The Morgan fingerprint density at radius 1 is 1.08 bits per heavy atom. The number of pyridine rings is 1. The van der Waals surface area contributed by atoms with Crippen molar-refractivity contribution in [2.75, 3.05) is 5.32 Å². The summed E-state index contributed by atoms with van der Waals surface area (Å²) in [5.74, 6) is 2.51. The van der Waals surface area contributed by atoms with Gasteiger partial charge in [-0.3, -0.25) is 4.98 Å². The number of fused-ring (bicyclic) bond motifs is 4. The van der Waals surface area contributed by atoms with E-state index in [-0.39, 0.29) is 5.54 Å². The number of hydrogen-bond donors (Lipinski definition) is 1. The molecular weight excluding hydrogens is 298 g/mol. The van der Waals surface area contributed by atoms with Crippen molar-refractivity contribution in [2.45, 2.75) is 69.4 Å². The molecule has 126 valence electrons. The lowest BCUT2D eigenvalue weighted by atomic mass is 9.64. The third-order valence-corrected chi connectivity index (χ3v) is 6.44. The zero-order chi connectivity index (χ0) is 16.0. The highest BCUT2D eigenvalue weighted by atomic mass is 15.5. The molecule has 2 atom stereocenters. The van der Waals surface area contributed by atoms with E-state index in [4.69, 9.17) is 10.1 Å². The van der Waals surface area contributed by atoms with Crippen LogP contribution in [-0.4, -0.2) is 25.8 Å². The lowest BCUT2D eigenvalue weighted by Crippen LogP contribution is -2.55. The number of nitrogens with one attached hydrogen (secondary N) is 1. The van der Waals surface area contributed by atoms with E-state index in [0.717, 1.165) is 17.3 Å². The van der Waals surface area contributed by atoms with E-state index in [0.29, 0.717) is 12.0 Å². The van der Waals surface area contributed by atoms with Gasteiger partial charge in [-0.25, -0.2) is 4.68 Å². The van der Waals surface area contributed by atoms with Crippen molar-refractivity contribution in [1.82, 2.24) is 19.7 Å². The average molecular weight is 323 g/mol. The normalized spacial score (nSPS) is 28.0. The SMILES string of the molecule is c1cncc(-c2nc3n(n2)C2(CCCCC2)[C@@H]2CCCC[C@@H]2N3)c1. The van der Waals surface area contributed by atoms with Gasteiger partial charge in [0.1, 0.15) is 0 Å². The predicted molar refractivity (Wildman–Crippen MR) is 93.7 cm³/mol. The van der Waals surface area contributed by atoms with Crippen LogP contribution in [-0.2, 0) is 5.54 Å². The largest absolute Gasteiger partial charge is 0.351 e.